The van der Waals surface area contributed by atoms with Crippen molar-refractivity contribution in [2.45, 2.75) is 46.1 Å². The van der Waals surface area contributed by atoms with Gasteiger partial charge in [0, 0.05) is 18.8 Å². The monoisotopic (exact) mass is 362 g/mol. The van der Waals surface area contributed by atoms with E-state index in [0.717, 1.165) is 40.8 Å². The summed E-state index contributed by atoms with van der Waals surface area (Å²) in [6.07, 6.45) is 5.64. The fraction of sp³-hybridized carbons (Fsp3) is 0.304. The summed E-state index contributed by atoms with van der Waals surface area (Å²) in [5, 5.41) is 3.12. The van der Waals surface area contributed by atoms with Gasteiger partial charge in [-0.05, 0) is 41.2 Å². The van der Waals surface area contributed by atoms with Crippen LogP contribution in [-0.2, 0) is 22.4 Å². The third-order valence-corrected chi connectivity index (χ3v) is 5.11. The summed E-state index contributed by atoms with van der Waals surface area (Å²) in [7, 11) is 0. The Morgan fingerprint density at radius 1 is 1.00 bits per heavy atom. The number of aryl methyl sites for hydroxylation is 2. The summed E-state index contributed by atoms with van der Waals surface area (Å²) in [5.41, 5.74) is 5.24. The third-order valence-electron chi connectivity index (χ3n) is 5.11. The molecule has 0 bridgehead atoms. The van der Waals surface area contributed by atoms with Gasteiger partial charge in [-0.3, -0.25) is 9.59 Å². The molecule has 1 N–H and O–H groups in total. The second-order valence-electron chi connectivity index (χ2n) is 6.80. The van der Waals surface area contributed by atoms with Crippen molar-refractivity contribution < 1.29 is 9.59 Å². The van der Waals surface area contributed by atoms with Crippen LogP contribution in [0.4, 0.5) is 5.69 Å². The van der Waals surface area contributed by atoms with Crippen LogP contribution in [0.15, 0.2) is 48.7 Å². The maximum absolute atomic E-state index is 12.9. The van der Waals surface area contributed by atoms with Crippen LogP contribution in [0.2, 0.25) is 0 Å². The van der Waals surface area contributed by atoms with Crippen molar-refractivity contribution in [2.75, 3.05) is 5.32 Å². The Morgan fingerprint density at radius 3 is 2.30 bits per heavy atom. The van der Waals surface area contributed by atoms with Crippen LogP contribution in [0, 0.1) is 0 Å². The number of anilines is 1. The minimum Gasteiger partial charge on any atom is -0.326 e. The van der Waals surface area contributed by atoms with Gasteiger partial charge in [-0.2, -0.15) is 0 Å². The van der Waals surface area contributed by atoms with Crippen molar-refractivity contribution in [3.8, 4) is 0 Å². The summed E-state index contributed by atoms with van der Waals surface area (Å²) in [6, 6.07) is 13.8. The number of hydrogen-bond acceptors (Lipinski definition) is 2. The van der Waals surface area contributed by atoms with Gasteiger partial charge in [0.2, 0.25) is 11.8 Å². The molecule has 2 aromatic rings. The van der Waals surface area contributed by atoms with E-state index in [1.807, 2.05) is 36.4 Å². The normalized spacial score (nSPS) is 15.4. The fourth-order valence-electron chi connectivity index (χ4n) is 3.68. The Labute approximate surface area is 160 Å². The Kier molecular flexibility index (Phi) is 5.75. The van der Waals surface area contributed by atoms with Gasteiger partial charge in [-0.15, -0.1) is 0 Å². The number of nitrogens with one attached hydrogen (secondary N) is 1. The molecule has 3 rings (SSSR count). The number of fused-ring (bicyclic) bond motifs is 1. The number of benzene rings is 2. The smallest absolute Gasteiger partial charge is 0.226 e. The molecule has 4 heteroatoms. The van der Waals surface area contributed by atoms with E-state index in [1.165, 1.54) is 6.92 Å². The molecular weight excluding hydrogens is 336 g/mol. The lowest BCUT2D eigenvalue weighted by atomic mass is 9.93. The molecule has 1 aliphatic heterocycles. The first-order valence-electron chi connectivity index (χ1n) is 9.51. The van der Waals surface area contributed by atoms with Crippen molar-refractivity contribution in [1.82, 2.24) is 4.90 Å². The maximum atomic E-state index is 12.9. The second-order valence-corrected chi connectivity index (χ2v) is 6.80. The van der Waals surface area contributed by atoms with Crippen LogP contribution in [0.3, 0.4) is 0 Å². The third kappa shape index (κ3) is 3.95. The Bertz CT molecular complexity index is 863. The van der Waals surface area contributed by atoms with Crippen LogP contribution in [-0.4, -0.2) is 16.7 Å². The average Bonchev–Trinajstić information content (AvgIpc) is 2.68. The highest BCUT2D eigenvalue weighted by Crippen LogP contribution is 2.33. The standard InChI is InChI=1S/C23H26N2O2/c1-4-17-10-8-11-18(5-2)23(17)24-22(27)15-21-20-12-7-6-9-19(20)13-14-25(21)16(3)26/h6-14,21H,4-5,15H2,1-3H3,(H,24,27)/t21-/m1/s1. The van der Waals surface area contributed by atoms with Gasteiger partial charge in [0.1, 0.15) is 0 Å². The zero-order chi connectivity index (χ0) is 19.4. The molecule has 0 aromatic heterocycles. The molecule has 0 saturated carbocycles. The van der Waals surface area contributed by atoms with E-state index in [9.17, 15) is 9.59 Å². The Balaban J connectivity index is 1.87. The molecule has 0 fully saturated rings. The summed E-state index contributed by atoms with van der Waals surface area (Å²) >= 11 is 0. The molecule has 0 aliphatic carbocycles. The van der Waals surface area contributed by atoms with E-state index < -0.39 is 0 Å². The van der Waals surface area contributed by atoms with Gasteiger partial charge < -0.3 is 10.2 Å². The van der Waals surface area contributed by atoms with E-state index in [-0.39, 0.29) is 24.3 Å². The quantitative estimate of drug-likeness (QED) is 0.837. The van der Waals surface area contributed by atoms with Crippen LogP contribution in [0.5, 0.6) is 0 Å². The van der Waals surface area contributed by atoms with Crippen molar-refractivity contribution in [2.24, 2.45) is 0 Å². The Hall–Kier alpha value is -2.88. The van der Waals surface area contributed by atoms with Crippen LogP contribution < -0.4 is 5.32 Å². The van der Waals surface area contributed by atoms with Gasteiger partial charge in [-0.25, -0.2) is 0 Å². The lowest BCUT2D eigenvalue weighted by molar-refractivity contribution is -0.129. The number of amides is 2. The topological polar surface area (TPSA) is 49.4 Å². The molecule has 140 valence electrons. The first-order valence-corrected chi connectivity index (χ1v) is 9.51. The average molecular weight is 362 g/mol. The molecule has 27 heavy (non-hydrogen) atoms. The van der Waals surface area contributed by atoms with Gasteiger partial charge in [0.15, 0.2) is 0 Å². The largest absolute Gasteiger partial charge is 0.326 e. The molecule has 1 atom stereocenters. The number of carbonyl (C=O) groups is 2. The lowest BCUT2D eigenvalue weighted by Gasteiger charge is -2.32. The molecule has 0 unspecified atom stereocenters. The van der Waals surface area contributed by atoms with Crippen LogP contribution in [0.25, 0.3) is 6.08 Å². The molecular formula is C23H26N2O2. The van der Waals surface area contributed by atoms with Crippen LogP contribution >= 0.6 is 0 Å². The maximum Gasteiger partial charge on any atom is 0.226 e. The first-order chi connectivity index (χ1) is 13.0. The number of hydrogen-bond donors (Lipinski definition) is 1. The molecule has 1 heterocycles. The number of rotatable bonds is 5. The SMILES string of the molecule is CCc1cccc(CC)c1NC(=O)C[C@@H]1c2ccccc2C=CN1C(C)=O. The van der Waals surface area contributed by atoms with E-state index in [0.29, 0.717) is 0 Å². The lowest BCUT2D eigenvalue weighted by Crippen LogP contribution is -2.33. The predicted molar refractivity (Wildman–Crippen MR) is 109 cm³/mol. The zero-order valence-corrected chi connectivity index (χ0v) is 16.2. The number of nitrogens with zero attached hydrogens (tertiary/aromatic N) is 1. The van der Waals surface area contributed by atoms with Gasteiger partial charge in [-0.1, -0.05) is 56.3 Å². The number of carbonyl (C=O) groups excluding carboxylic acids is 2. The van der Waals surface area contributed by atoms with E-state index in [1.54, 1.807) is 11.1 Å². The van der Waals surface area contributed by atoms with Crippen molar-refractivity contribution in [3.05, 3.63) is 70.9 Å². The predicted octanol–water partition coefficient (Wildman–Crippen LogP) is 4.71. The summed E-state index contributed by atoms with van der Waals surface area (Å²) in [5.74, 6) is -0.145. The van der Waals surface area contributed by atoms with Gasteiger partial charge >= 0.3 is 0 Å². The van der Waals surface area contributed by atoms with Crippen molar-refractivity contribution in [1.29, 1.82) is 0 Å². The Morgan fingerprint density at radius 2 is 1.67 bits per heavy atom. The summed E-state index contributed by atoms with van der Waals surface area (Å²) in [4.78, 5) is 26.7. The molecule has 1 aliphatic rings. The summed E-state index contributed by atoms with van der Waals surface area (Å²) < 4.78 is 0. The van der Waals surface area contributed by atoms with Crippen LogP contribution in [0.1, 0.15) is 55.5 Å². The fourth-order valence-corrected chi connectivity index (χ4v) is 3.68. The molecule has 0 spiro atoms. The minimum absolute atomic E-state index is 0.0678. The van der Waals surface area contributed by atoms with E-state index in [2.05, 4.69) is 31.3 Å². The highest BCUT2D eigenvalue weighted by Gasteiger charge is 2.28. The van der Waals surface area contributed by atoms with Gasteiger partial charge in [0.25, 0.3) is 0 Å². The molecule has 2 amide bonds. The van der Waals surface area contributed by atoms with Crippen molar-refractivity contribution >= 4 is 23.6 Å². The minimum atomic E-state index is -0.289. The zero-order valence-electron chi connectivity index (χ0n) is 16.2. The molecule has 0 radical (unpaired) electrons. The van der Waals surface area contributed by atoms with Crippen molar-refractivity contribution in [3.63, 3.8) is 0 Å². The highest BCUT2D eigenvalue weighted by atomic mass is 16.2. The first kappa shape index (κ1) is 18.9. The highest BCUT2D eigenvalue weighted by molar-refractivity contribution is 5.93. The van der Waals surface area contributed by atoms with Gasteiger partial charge in [0.05, 0.1) is 12.5 Å². The second kappa shape index (κ2) is 8.21. The molecule has 4 nitrogen and oxygen atoms in total. The number of para-hydroxylation sites is 1. The van der Waals surface area contributed by atoms with E-state index in [4.69, 9.17) is 0 Å². The molecule has 0 saturated heterocycles. The van der Waals surface area contributed by atoms with E-state index >= 15 is 0 Å². The summed E-state index contributed by atoms with van der Waals surface area (Å²) in [6.45, 7) is 5.71. The molecule has 2 aromatic carbocycles.